The second kappa shape index (κ2) is 16.4. The number of nitrogens with zero attached hydrogens (tertiary/aromatic N) is 1. The van der Waals surface area contributed by atoms with Crippen LogP contribution in [0.3, 0.4) is 0 Å². The minimum absolute atomic E-state index is 0.0333. The van der Waals surface area contributed by atoms with Crippen LogP contribution in [0.2, 0.25) is 0 Å². The lowest BCUT2D eigenvalue weighted by atomic mass is 9.82. The third-order valence-corrected chi connectivity index (χ3v) is 7.20. The lowest BCUT2D eigenvalue weighted by Crippen LogP contribution is -2.45. The molecule has 0 bridgehead atoms. The maximum Gasteiger partial charge on any atom is 0.471 e. The van der Waals surface area contributed by atoms with Gasteiger partial charge in [-0.2, -0.15) is 26.3 Å². The number of amides is 2. The van der Waals surface area contributed by atoms with Crippen molar-refractivity contribution in [2.45, 2.75) is 38.0 Å². The number of carbonyl (C=O) groups is 4. The molecule has 0 atom stereocenters. The fraction of sp³-hybridized carbons (Fsp3) is 0.467. The first-order valence-electron chi connectivity index (χ1n) is 14.7. The number of halogens is 6. The Morgan fingerprint density at radius 2 is 1.07 bits per heavy atom. The van der Waals surface area contributed by atoms with Crippen LogP contribution < -0.4 is 27.0 Å². The number of fused-ring (bicyclic) bond motifs is 2. The summed E-state index contributed by atoms with van der Waals surface area (Å²) in [5.41, 5.74) is 7.20. The lowest BCUT2D eigenvalue weighted by molar-refractivity contribution is -0.173. The molecule has 0 aliphatic heterocycles. The van der Waals surface area contributed by atoms with Gasteiger partial charge in [-0.25, -0.2) is 0 Å². The summed E-state index contributed by atoms with van der Waals surface area (Å²) in [6, 6.07) is 9.67. The van der Waals surface area contributed by atoms with Gasteiger partial charge in [0.05, 0.1) is 11.1 Å². The van der Waals surface area contributed by atoms with Crippen LogP contribution in [-0.2, 0) is 9.59 Å². The minimum Gasteiger partial charge on any atom is -0.384 e. The van der Waals surface area contributed by atoms with Crippen molar-refractivity contribution >= 4 is 34.8 Å². The van der Waals surface area contributed by atoms with E-state index in [2.05, 4.69) is 10.6 Å². The molecule has 1 aliphatic rings. The number of rotatable bonds is 17. The maximum atomic E-state index is 13.6. The van der Waals surface area contributed by atoms with Gasteiger partial charge in [0.15, 0.2) is 11.6 Å². The third kappa shape index (κ3) is 9.91. The summed E-state index contributed by atoms with van der Waals surface area (Å²) in [4.78, 5) is 51.0. The molecule has 0 saturated heterocycles. The van der Waals surface area contributed by atoms with Gasteiger partial charge in [-0.15, -0.1) is 0 Å². The van der Waals surface area contributed by atoms with Crippen LogP contribution >= 0.6 is 0 Å². The van der Waals surface area contributed by atoms with Gasteiger partial charge in [0, 0.05) is 68.3 Å². The summed E-state index contributed by atoms with van der Waals surface area (Å²) in [5.74, 6) is -5.07. The van der Waals surface area contributed by atoms with Crippen LogP contribution in [0.5, 0.6) is 0 Å². The lowest BCUT2D eigenvalue weighted by Gasteiger charge is -2.25. The van der Waals surface area contributed by atoms with Crippen molar-refractivity contribution in [3.63, 3.8) is 0 Å². The molecule has 0 fully saturated rings. The van der Waals surface area contributed by atoms with E-state index in [1.54, 1.807) is 41.0 Å². The molecule has 16 heteroatoms. The first-order chi connectivity index (χ1) is 21.8. The van der Waals surface area contributed by atoms with Gasteiger partial charge in [-0.3, -0.25) is 24.1 Å². The Hall–Kier alpha value is -4.18. The number of anilines is 2. The van der Waals surface area contributed by atoms with Gasteiger partial charge in [0.25, 0.3) is 0 Å². The quantitative estimate of drug-likeness (QED) is 0.110. The van der Waals surface area contributed by atoms with E-state index in [4.69, 9.17) is 5.73 Å². The van der Waals surface area contributed by atoms with Crippen LogP contribution in [-0.4, -0.2) is 93.0 Å². The number of nitrogens with one attached hydrogen (secondary N) is 4. The van der Waals surface area contributed by atoms with Crippen LogP contribution in [0.1, 0.15) is 57.5 Å². The molecule has 46 heavy (non-hydrogen) atoms. The first-order valence-corrected chi connectivity index (χ1v) is 14.7. The number of unbranched alkanes of at least 4 members (excludes halogenated alkanes) is 3. The van der Waals surface area contributed by atoms with E-state index in [0.29, 0.717) is 24.5 Å². The monoisotopic (exact) mass is 658 g/mol. The van der Waals surface area contributed by atoms with E-state index in [1.807, 2.05) is 0 Å². The molecule has 2 amide bonds. The smallest absolute Gasteiger partial charge is 0.384 e. The van der Waals surface area contributed by atoms with Crippen molar-refractivity contribution in [1.29, 1.82) is 0 Å². The van der Waals surface area contributed by atoms with E-state index in [1.165, 1.54) is 11.0 Å². The van der Waals surface area contributed by atoms with Crippen LogP contribution in [0.15, 0.2) is 36.4 Å². The van der Waals surface area contributed by atoms with E-state index < -0.39 is 37.3 Å². The van der Waals surface area contributed by atoms with Crippen LogP contribution in [0, 0.1) is 0 Å². The number of hydrogen-bond donors (Lipinski definition) is 5. The van der Waals surface area contributed by atoms with Crippen molar-refractivity contribution in [3.8, 4) is 0 Å². The highest BCUT2D eigenvalue weighted by molar-refractivity contribution is 6.31. The molecule has 2 aromatic carbocycles. The number of hydrogen-bond acceptors (Lipinski definition) is 8. The molecule has 252 valence electrons. The average Bonchev–Trinajstić information content (AvgIpc) is 3.00. The molecule has 2 aromatic rings. The van der Waals surface area contributed by atoms with E-state index in [9.17, 15) is 45.5 Å². The second-order valence-electron chi connectivity index (χ2n) is 10.5. The van der Waals surface area contributed by atoms with Crippen molar-refractivity contribution in [1.82, 2.24) is 15.5 Å². The largest absolute Gasteiger partial charge is 0.471 e. The number of alkyl halides is 6. The Bertz CT molecular complexity index is 1370. The number of carbonyl (C=O) groups excluding carboxylic acids is 4. The highest BCUT2D eigenvalue weighted by Gasteiger charge is 2.39. The Kier molecular flexibility index (Phi) is 12.9. The molecule has 1 aliphatic carbocycles. The van der Waals surface area contributed by atoms with E-state index in [0.717, 1.165) is 25.7 Å². The van der Waals surface area contributed by atoms with Crippen LogP contribution in [0.25, 0.3) is 0 Å². The summed E-state index contributed by atoms with van der Waals surface area (Å²) < 4.78 is 75.2. The summed E-state index contributed by atoms with van der Waals surface area (Å²) >= 11 is 0. The molecule has 0 unspecified atom stereocenters. The van der Waals surface area contributed by atoms with Gasteiger partial charge in [0.1, 0.15) is 0 Å². The van der Waals surface area contributed by atoms with Gasteiger partial charge in [-0.05, 0) is 31.5 Å². The van der Waals surface area contributed by atoms with Crippen molar-refractivity contribution in [2.24, 2.45) is 5.73 Å². The highest BCUT2D eigenvalue weighted by Crippen LogP contribution is 2.35. The van der Waals surface area contributed by atoms with E-state index in [-0.39, 0.29) is 60.0 Å². The van der Waals surface area contributed by atoms with Crippen LogP contribution in [0.4, 0.5) is 37.7 Å². The number of nitrogens with two attached hydrogens (primary N) is 1. The summed E-state index contributed by atoms with van der Waals surface area (Å²) in [5, 5.41) is 9.66. The molecule has 10 nitrogen and oxygen atoms in total. The first kappa shape index (κ1) is 36.3. The Balaban J connectivity index is 1.68. The Morgan fingerprint density at radius 1 is 0.630 bits per heavy atom. The predicted molar refractivity (Wildman–Crippen MR) is 159 cm³/mol. The molecule has 6 N–H and O–H groups in total. The standard InChI is InChI=1S/C30H36F6N6O4/c31-29(32,33)27(45)40-14-17-42(18-15-41-28(46)30(34,35)36)16-13-39-22-10-6-8-20-24(22)26(44)19-7-5-9-21(23(19)25(20)43)38-12-4-2-1-3-11-37/h5-10,38-39H,1-4,11-18,37H2,(H,40,45)(H,41,46). The summed E-state index contributed by atoms with van der Waals surface area (Å²) in [6.07, 6.45) is -6.47. The molecule has 3 rings (SSSR count). The van der Waals surface area contributed by atoms with Gasteiger partial charge in [0.2, 0.25) is 0 Å². The second-order valence-corrected chi connectivity index (χ2v) is 10.5. The van der Waals surface area contributed by atoms with Crippen molar-refractivity contribution in [3.05, 3.63) is 58.7 Å². The Labute approximate surface area is 261 Å². The molecule has 0 aromatic heterocycles. The fourth-order valence-electron chi connectivity index (χ4n) is 4.92. The zero-order valence-electron chi connectivity index (χ0n) is 24.9. The minimum atomic E-state index is -5.11. The number of benzene rings is 2. The van der Waals surface area contributed by atoms with Crippen molar-refractivity contribution < 1.29 is 45.5 Å². The Morgan fingerprint density at radius 3 is 1.52 bits per heavy atom. The molecule has 0 radical (unpaired) electrons. The molecular weight excluding hydrogens is 622 g/mol. The molecule has 0 spiro atoms. The zero-order chi connectivity index (χ0) is 33.9. The van der Waals surface area contributed by atoms with Crippen molar-refractivity contribution in [2.75, 3.05) is 63.0 Å². The van der Waals surface area contributed by atoms with Gasteiger partial charge < -0.3 is 27.0 Å². The normalized spacial score (nSPS) is 12.9. The SMILES string of the molecule is NCCCCCCNc1cccc2c1C(=O)c1cccc(NCCN(CCNC(=O)C(F)(F)F)CCNC(=O)C(F)(F)F)c1C2=O. The topological polar surface area (TPSA) is 146 Å². The summed E-state index contributed by atoms with van der Waals surface area (Å²) in [6.45, 7) is -0.00547. The third-order valence-electron chi connectivity index (χ3n) is 7.20. The fourth-order valence-corrected chi connectivity index (χ4v) is 4.92. The zero-order valence-corrected chi connectivity index (χ0v) is 24.9. The van der Waals surface area contributed by atoms with Gasteiger partial charge >= 0.3 is 24.2 Å². The van der Waals surface area contributed by atoms with E-state index >= 15 is 0 Å². The molecule has 0 heterocycles. The number of ketones is 2. The maximum absolute atomic E-state index is 13.6. The molecule has 0 saturated carbocycles. The molecular formula is C30H36F6N6O4. The van der Waals surface area contributed by atoms with Gasteiger partial charge in [-0.1, -0.05) is 37.1 Å². The highest BCUT2D eigenvalue weighted by atomic mass is 19.4. The predicted octanol–water partition coefficient (Wildman–Crippen LogP) is 3.46. The summed E-state index contributed by atoms with van der Waals surface area (Å²) in [7, 11) is 0. The average molecular weight is 659 g/mol.